The Morgan fingerprint density at radius 2 is 2.16 bits per heavy atom. The van der Waals surface area contributed by atoms with Gasteiger partial charge in [0, 0.05) is 37.4 Å². The van der Waals surface area contributed by atoms with Crippen LogP contribution >= 0.6 is 0 Å². The van der Waals surface area contributed by atoms with E-state index in [0.717, 1.165) is 31.6 Å². The molecule has 0 N–H and O–H groups in total. The zero-order valence-corrected chi connectivity index (χ0v) is 14.3. The summed E-state index contributed by atoms with van der Waals surface area (Å²) in [7, 11) is 2.02. The van der Waals surface area contributed by atoms with Crippen LogP contribution in [0.25, 0.3) is 0 Å². The van der Waals surface area contributed by atoms with Crippen LogP contribution in [-0.4, -0.2) is 54.5 Å². The third kappa shape index (κ3) is 3.07. The van der Waals surface area contributed by atoms with E-state index in [1.54, 1.807) is 29.6 Å². The Morgan fingerprint density at radius 3 is 2.92 bits per heavy atom. The van der Waals surface area contributed by atoms with E-state index in [4.69, 9.17) is 4.42 Å². The third-order valence-electron chi connectivity index (χ3n) is 5.45. The number of carbonyl (C=O) groups excluding carboxylic acids is 1. The minimum atomic E-state index is -0.314. The van der Waals surface area contributed by atoms with E-state index in [1.807, 2.05) is 13.1 Å². The highest BCUT2D eigenvalue weighted by atomic mass is 19.1. The predicted octanol–water partition coefficient (Wildman–Crippen LogP) is 2.34. The van der Waals surface area contributed by atoms with Crippen molar-refractivity contribution in [3.05, 3.63) is 54.2 Å². The Labute approximate surface area is 146 Å². The van der Waals surface area contributed by atoms with Gasteiger partial charge in [0.2, 0.25) is 5.91 Å². The highest BCUT2D eigenvalue weighted by molar-refractivity contribution is 5.96. The van der Waals surface area contributed by atoms with E-state index in [9.17, 15) is 9.18 Å². The van der Waals surface area contributed by atoms with E-state index in [0.29, 0.717) is 18.8 Å². The standard InChI is InChI=1S/C19H22FN3O2/c1-21-11-18(24)23(17-4-2-3-16(20)9-17)14-19(21)6-7-22(13-19)10-15-5-8-25-12-15/h2-5,8-9,12H,6-7,10-11,13-14H2,1H3. The van der Waals surface area contributed by atoms with Gasteiger partial charge in [-0.3, -0.25) is 14.6 Å². The quantitative estimate of drug-likeness (QED) is 0.858. The van der Waals surface area contributed by atoms with Crippen LogP contribution in [0, 0.1) is 5.82 Å². The molecule has 6 heteroatoms. The van der Waals surface area contributed by atoms with Crippen molar-refractivity contribution < 1.29 is 13.6 Å². The van der Waals surface area contributed by atoms with E-state index < -0.39 is 0 Å². The summed E-state index contributed by atoms with van der Waals surface area (Å²) in [6.07, 6.45) is 4.46. The zero-order chi connectivity index (χ0) is 17.4. The van der Waals surface area contributed by atoms with Gasteiger partial charge in [-0.1, -0.05) is 6.07 Å². The molecule has 0 radical (unpaired) electrons. The number of halogens is 1. The van der Waals surface area contributed by atoms with Crippen molar-refractivity contribution in [2.75, 3.05) is 38.1 Å². The van der Waals surface area contributed by atoms with Crippen molar-refractivity contribution in [1.82, 2.24) is 9.80 Å². The number of hydrogen-bond donors (Lipinski definition) is 0. The molecule has 1 amide bonds. The summed E-state index contributed by atoms with van der Waals surface area (Å²) in [4.78, 5) is 18.8. The highest BCUT2D eigenvalue weighted by Crippen LogP contribution is 2.34. The fourth-order valence-electron chi connectivity index (χ4n) is 4.00. The molecule has 1 aromatic heterocycles. The lowest BCUT2D eigenvalue weighted by Gasteiger charge is -2.47. The maximum atomic E-state index is 13.6. The molecule has 3 heterocycles. The van der Waals surface area contributed by atoms with E-state index in [2.05, 4.69) is 9.80 Å². The molecular formula is C19H22FN3O2. The average Bonchev–Trinajstić information content (AvgIpc) is 3.22. The molecule has 2 aliphatic rings. The number of amides is 1. The van der Waals surface area contributed by atoms with Crippen molar-refractivity contribution in [3.63, 3.8) is 0 Å². The molecule has 2 fully saturated rings. The third-order valence-corrected chi connectivity index (χ3v) is 5.45. The van der Waals surface area contributed by atoms with E-state index in [1.165, 1.54) is 12.1 Å². The molecule has 2 aliphatic heterocycles. The Morgan fingerprint density at radius 1 is 1.28 bits per heavy atom. The fourth-order valence-corrected chi connectivity index (χ4v) is 4.00. The van der Waals surface area contributed by atoms with Crippen LogP contribution in [0.15, 0.2) is 47.3 Å². The van der Waals surface area contributed by atoms with Gasteiger partial charge in [-0.05, 0) is 37.7 Å². The number of nitrogens with zero attached hydrogens (tertiary/aromatic N) is 3. The van der Waals surface area contributed by atoms with Gasteiger partial charge in [-0.15, -0.1) is 0 Å². The van der Waals surface area contributed by atoms with Crippen LogP contribution in [0.1, 0.15) is 12.0 Å². The SMILES string of the molecule is CN1CC(=O)N(c2cccc(F)c2)CC12CCN(Cc1ccoc1)C2. The summed E-state index contributed by atoms with van der Waals surface area (Å²) in [5.74, 6) is -0.293. The van der Waals surface area contributed by atoms with Gasteiger partial charge < -0.3 is 9.32 Å². The summed E-state index contributed by atoms with van der Waals surface area (Å²) in [5.41, 5.74) is 1.71. The molecular weight excluding hydrogens is 321 g/mol. The van der Waals surface area contributed by atoms with Gasteiger partial charge in [-0.25, -0.2) is 4.39 Å². The second-order valence-corrected chi connectivity index (χ2v) is 7.13. The molecule has 1 atom stereocenters. The number of piperazine rings is 1. The first kappa shape index (κ1) is 16.3. The van der Waals surface area contributed by atoms with Crippen LogP contribution in [0.5, 0.6) is 0 Å². The molecule has 1 unspecified atom stereocenters. The van der Waals surface area contributed by atoms with Crippen molar-refractivity contribution in [2.45, 2.75) is 18.5 Å². The van der Waals surface area contributed by atoms with Crippen molar-refractivity contribution in [3.8, 4) is 0 Å². The molecule has 1 spiro atoms. The molecule has 2 aromatic rings. The minimum Gasteiger partial charge on any atom is -0.472 e. The highest BCUT2D eigenvalue weighted by Gasteiger charge is 2.47. The Bertz CT molecular complexity index is 764. The summed E-state index contributed by atoms with van der Waals surface area (Å²) in [6.45, 7) is 3.65. The summed E-state index contributed by atoms with van der Waals surface area (Å²) < 4.78 is 18.8. The topological polar surface area (TPSA) is 39.9 Å². The number of rotatable bonds is 3. The van der Waals surface area contributed by atoms with Crippen LogP contribution in [-0.2, 0) is 11.3 Å². The smallest absolute Gasteiger partial charge is 0.241 e. The first-order valence-corrected chi connectivity index (χ1v) is 8.56. The second kappa shape index (κ2) is 6.28. The lowest BCUT2D eigenvalue weighted by molar-refractivity contribution is -0.123. The lowest BCUT2D eigenvalue weighted by atomic mass is 9.92. The van der Waals surface area contributed by atoms with Gasteiger partial charge in [0.05, 0.1) is 24.6 Å². The molecule has 1 aromatic carbocycles. The predicted molar refractivity (Wildman–Crippen MR) is 92.7 cm³/mol. The molecule has 4 rings (SSSR count). The van der Waals surface area contributed by atoms with Gasteiger partial charge >= 0.3 is 0 Å². The maximum Gasteiger partial charge on any atom is 0.241 e. The second-order valence-electron chi connectivity index (χ2n) is 7.13. The number of benzene rings is 1. The van der Waals surface area contributed by atoms with Crippen LogP contribution in [0.4, 0.5) is 10.1 Å². The van der Waals surface area contributed by atoms with Gasteiger partial charge in [0.1, 0.15) is 5.82 Å². The lowest BCUT2D eigenvalue weighted by Crippen LogP contribution is -2.64. The minimum absolute atomic E-state index is 0.0204. The number of likely N-dealkylation sites (tertiary alicyclic amines) is 1. The monoisotopic (exact) mass is 343 g/mol. The van der Waals surface area contributed by atoms with Crippen LogP contribution in [0.3, 0.4) is 0 Å². The van der Waals surface area contributed by atoms with Crippen molar-refractivity contribution >= 4 is 11.6 Å². The van der Waals surface area contributed by atoms with Gasteiger partial charge in [0.25, 0.3) is 0 Å². The number of carbonyl (C=O) groups is 1. The van der Waals surface area contributed by atoms with Crippen LogP contribution < -0.4 is 4.90 Å². The number of likely N-dealkylation sites (N-methyl/N-ethyl adjacent to an activating group) is 1. The summed E-state index contributed by atoms with van der Waals surface area (Å²) >= 11 is 0. The zero-order valence-electron chi connectivity index (χ0n) is 14.3. The molecule has 5 nitrogen and oxygen atoms in total. The van der Waals surface area contributed by atoms with Gasteiger partial charge in [-0.2, -0.15) is 0 Å². The average molecular weight is 343 g/mol. The Kier molecular flexibility index (Phi) is 4.09. The summed E-state index contributed by atoms with van der Waals surface area (Å²) in [6, 6.07) is 8.29. The molecule has 132 valence electrons. The maximum absolute atomic E-state index is 13.6. The van der Waals surface area contributed by atoms with E-state index in [-0.39, 0.29) is 17.3 Å². The van der Waals surface area contributed by atoms with Crippen LogP contribution in [0.2, 0.25) is 0 Å². The number of anilines is 1. The molecule has 0 bridgehead atoms. The number of furan rings is 1. The first-order chi connectivity index (χ1) is 12.1. The molecule has 0 aliphatic carbocycles. The first-order valence-electron chi connectivity index (χ1n) is 8.56. The Balaban J connectivity index is 1.54. The molecule has 2 saturated heterocycles. The Hall–Kier alpha value is -2.18. The molecule has 25 heavy (non-hydrogen) atoms. The van der Waals surface area contributed by atoms with E-state index >= 15 is 0 Å². The fraction of sp³-hybridized carbons (Fsp3) is 0.421. The van der Waals surface area contributed by atoms with Gasteiger partial charge in [0.15, 0.2) is 0 Å². The van der Waals surface area contributed by atoms with Crippen molar-refractivity contribution in [1.29, 1.82) is 0 Å². The molecule has 0 saturated carbocycles. The van der Waals surface area contributed by atoms with Crippen molar-refractivity contribution in [2.24, 2.45) is 0 Å². The largest absolute Gasteiger partial charge is 0.472 e. The normalized spacial score (nSPS) is 25.2. The number of hydrogen-bond acceptors (Lipinski definition) is 4. The summed E-state index contributed by atoms with van der Waals surface area (Å²) in [5, 5.41) is 0.